The number of aryl methyl sites for hydroxylation is 1. The first-order chi connectivity index (χ1) is 8.63. The van der Waals surface area contributed by atoms with Crippen LogP contribution >= 0.6 is 11.6 Å². The zero-order chi connectivity index (χ0) is 13.1. The van der Waals surface area contributed by atoms with E-state index in [1.54, 1.807) is 6.26 Å². The standard InChI is InChI=1S/C14H16ClNO2/c1-10-11(6-7-18-10)8-16(2)14-12(9-17)4-3-5-13(14)15/h3-7,17H,8-9H2,1-2H3. The molecule has 0 aliphatic rings. The minimum atomic E-state index is -0.0232. The van der Waals surface area contributed by atoms with E-state index >= 15 is 0 Å². The summed E-state index contributed by atoms with van der Waals surface area (Å²) in [5, 5.41) is 10.0. The van der Waals surface area contributed by atoms with Gasteiger partial charge in [-0.2, -0.15) is 0 Å². The van der Waals surface area contributed by atoms with Gasteiger partial charge in [-0.25, -0.2) is 0 Å². The fraction of sp³-hybridized carbons (Fsp3) is 0.286. The Morgan fingerprint density at radius 1 is 1.28 bits per heavy atom. The Balaban J connectivity index is 2.29. The summed E-state index contributed by atoms with van der Waals surface area (Å²) in [6.45, 7) is 2.60. The summed E-state index contributed by atoms with van der Waals surface area (Å²) in [6, 6.07) is 7.49. The molecule has 0 saturated heterocycles. The Hall–Kier alpha value is -1.45. The molecule has 1 aromatic carbocycles. The number of nitrogens with zero attached hydrogens (tertiary/aromatic N) is 1. The van der Waals surface area contributed by atoms with Crippen LogP contribution in [0.1, 0.15) is 16.9 Å². The Morgan fingerprint density at radius 3 is 2.67 bits per heavy atom. The van der Waals surface area contributed by atoms with Crippen molar-refractivity contribution in [2.75, 3.05) is 11.9 Å². The van der Waals surface area contributed by atoms with E-state index in [9.17, 15) is 5.11 Å². The molecular weight excluding hydrogens is 250 g/mol. The number of para-hydroxylation sites is 1. The summed E-state index contributed by atoms with van der Waals surface area (Å²) in [7, 11) is 1.95. The van der Waals surface area contributed by atoms with Crippen LogP contribution in [0.4, 0.5) is 5.69 Å². The lowest BCUT2D eigenvalue weighted by Gasteiger charge is -2.23. The maximum atomic E-state index is 9.37. The van der Waals surface area contributed by atoms with Gasteiger partial charge in [0.1, 0.15) is 5.76 Å². The Morgan fingerprint density at radius 2 is 2.06 bits per heavy atom. The van der Waals surface area contributed by atoms with Crippen molar-refractivity contribution in [3.8, 4) is 0 Å². The zero-order valence-corrected chi connectivity index (χ0v) is 11.2. The van der Waals surface area contributed by atoms with Crippen LogP contribution in [0.3, 0.4) is 0 Å². The average Bonchev–Trinajstić information content (AvgIpc) is 2.74. The molecule has 0 amide bonds. The van der Waals surface area contributed by atoms with Gasteiger partial charge < -0.3 is 14.4 Å². The molecule has 2 rings (SSSR count). The minimum absolute atomic E-state index is 0.0232. The summed E-state index contributed by atoms with van der Waals surface area (Å²) in [4.78, 5) is 2.02. The number of aliphatic hydroxyl groups excluding tert-OH is 1. The molecule has 3 nitrogen and oxygen atoms in total. The van der Waals surface area contributed by atoms with Gasteiger partial charge in [0.05, 0.1) is 23.6 Å². The van der Waals surface area contributed by atoms with Crippen molar-refractivity contribution in [1.82, 2.24) is 0 Å². The lowest BCUT2D eigenvalue weighted by molar-refractivity contribution is 0.282. The molecule has 2 aromatic rings. The topological polar surface area (TPSA) is 36.6 Å². The zero-order valence-electron chi connectivity index (χ0n) is 10.5. The van der Waals surface area contributed by atoms with Gasteiger partial charge in [0.2, 0.25) is 0 Å². The molecule has 96 valence electrons. The highest BCUT2D eigenvalue weighted by Crippen LogP contribution is 2.30. The first-order valence-corrected chi connectivity index (χ1v) is 6.13. The molecule has 0 fully saturated rings. The smallest absolute Gasteiger partial charge is 0.105 e. The van der Waals surface area contributed by atoms with E-state index in [0.717, 1.165) is 22.6 Å². The van der Waals surface area contributed by atoms with Gasteiger partial charge in [0.15, 0.2) is 0 Å². The van der Waals surface area contributed by atoms with Crippen LogP contribution in [0.2, 0.25) is 5.02 Å². The first-order valence-electron chi connectivity index (χ1n) is 5.76. The van der Waals surface area contributed by atoms with Gasteiger partial charge in [-0.15, -0.1) is 0 Å². The molecular formula is C14H16ClNO2. The van der Waals surface area contributed by atoms with Gasteiger partial charge in [0, 0.05) is 24.7 Å². The van der Waals surface area contributed by atoms with Crippen molar-refractivity contribution in [2.24, 2.45) is 0 Å². The van der Waals surface area contributed by atoms with Crippen molar-refractivity contribution < 1.29 is 9.52 Å². The molecule has 0 aliphatic carbocycles. The Bertz CT molecular complexity index is 536. The number of aliphatic hydroxyl groups is 1. The number of anilines is 1. The third kappa shape index (κ3) is 2.52. The molecule has 0 saturated carbocycles. The SMILES string of the molecule is Cc1occc1CN(C)c1c(Cl)cccc1CO. The second-order valence-electron chi connectivity index (χ2n) is 4.26. The summed E-state index contributed by atoms with van der Waals surface area (Å²) in [6.07, 6.45) is 1.68. The van der Waals surface area contributed by atoms with Crippen LogP contribution < -0.4 is 4.90 Å². The molecule has 1 aromatic heterocycles. The second-order valence-corrected chi connectivity index (χ2v) is 4.67. The van der Waals surface area contributed by atoms with Crippen molar-refractivity contribution in [3.63, 3.8) is 0 Å². The first kappa shape index (κ1) is 13.0. The van der Waals surface area contributed by atoms with Crippen LogP contribution in [0.25, 0.3) is 0 Å². The average molecular weight is 266 g/mol. The summed E-state index contributed by atoms with van der Waals surface area (Å²) in [5.74, 6) is 0.902. The second kappa shape index (κ2) is 5.46. The third-order valence-electron chi connectivity index (χ3n) is 3.00. The lowest BCUT2D eigenvalue weighted by atomic mass is 10.1. The van der Waals surface area contributed by atoms with Crippen molar-refractivity contribution >= 4 is 17.3 Å². The van der Waals surface area contributed by atoms with Crippen LogP contribution in [0.5, 0.6) is 0 Å². The van der Waals surface area contributed by atoms with E-state index in [0.29, 0.717) is 11.6 Å². The molecule has 0 atom stereocenters. The molecule has 0 aliphatic heterocycles. The number of halogens is 1. The highest BCUT2D eigenvalue weighted by molar-refractivity contribution is 6.33. The third-order valence-corrected chi connectivity index (χ3v) is 3.30. The summed E-state index contributed by atoms with van der Waals surface area (Å²) >= 11 is 6.21. The number of rotatable bonds is 4. The number of benzene rings is 1. The minimum Gasteiger partial charge on any atom is -0.469 e. The van der Waals surface area contributed by atoms with Gasteiger partial charge in [-0.1, -0.05) is 23.7 Å². The summed E-state index contributed by atoms with van der Waals surface area (Å²) in [5.41, 5.74) is 2.80. The van der Waals surface area contributed by atoms with E-state index in [4.69, 9.17) is 16.0 Å². The predicted octanol–water partition coefficient (Wildman–Crippen LogP) is 3.37. The number of hydrogen-bond acceptors (Lipinski definition) is 3. The largest absolute Gasteiger partial charge is 0.469 e. The lowest BCUT2D eigenvalue weighted by Crippen LogP contribution is -2.18. The van der Waals surface area contributed by atoms with E-state index in [1.165, 1.54) is 0 Å². The van der Waals surface area contributed by atoms with E-state index in [2.05, 4.69) is 0 Å². The van der Waals surface area contributed by atoms with Crippen molar-refractivity contribution in [2.45, 2.75) is 20.1 Å². The quantitative estimate of drug-likeness (QED) is 0.921. The van der Waals surface area contributed by atoms with E-state index in [1.807, 2.05) is 43.1 Å². The van der Waals surface area contributed by atoms with E-state index < -0.39 is 0 Å². The molecule has 0 radical (unpaired) electrons. The Labute approximate surface area is 112 Å². The monoisotopic (exact) mass is 265 g/mol. The molecule has 18 heavy (non-hydrogen) atoms. The van der Waals surface area contributed by atoms with Crippen LogP contribution in [0, 0.1) is 6.92 Å². The van der Waals surface area contributed by atoms with Gasteiger partial charge in [0.25, 0.3) is 0 Å². The molecule has 0 spiro atoms. The highest BCUT2D eigenvalue weighted by atomic mass is 35.5. The molecule has 1 N–H and O–H groups in total. The van der Waals surface area contributed by atoms with Gasteiger partial charge in [-0.05, 0) is 19.1 Å². The van der Waals surface area contributed by atoms with E-state index in [-0.39, 0.29) is 6.61 Å². The van der Waals surface area contributed by atoms with Crippen molar-refractivity contribution in [1.29, 1.82) is 0 Å². The van der Waals surface area contributed by atoms with Crippen LogP contribution in [-0.2, 0) is 13.2 Å². The maximum Gasteiger partial charge on any atom is 0.105 e. The number of hydrogen-bond donors (Lipinski definition) is 1. The van der Waals surface area contributed by atoms with Crippen LogP contribution in [0.15, 0.2) is 34.9 Å². The summed E-state index contributed by atoms with van der Waals surface area (Å²) < 4.78 is 5.28. The molecule has 1 heterocycles. The van der Waals surface area contributed by atoms with Gasteiger partial charge >= 0.3 is 0 Å². The fourth-order valence-electron chi connectivity index (χ4n) is 2.02. The highest BCUT2D eigenvalue weighted by Gasteiger charge is 2.13. The maximum absolute atomic E-state index is 9.37. The van der Waals surface area contributed by atoms with Gasteiger partial charge in [-0.3, -0.25) is 0 Å². The molecule has 4 heteroatoms. The fourth-order valence-corrected chi connectivity index (χ4v) is 2.36. The molecule has 0 unspecified atom stereocenters. The predicted molar refractivity (Wildman–Crippen MR) is 72.9 cm³/mol. The number of furan rings is 1. The van der Waals surface area contributed by atoms with Crippen molar-refractivity contribution in [3.05, 3.63) is 52.4 Å². The molecule has 0 bridgehead atoms. The Kier molecular flexibility index (Phi) is 3.94. The van der Waals surface area contributed by atoms with Crippen LogP contribution in [-0.4, -0.2) is 12.2 Å². The normalized spacial score (nSPS) is 10.7.